The molecule has 88 valence electrons. The fraction of sp³-hybridized carbons (Fsp3) is 0.727. The third-order valence-corrected chi connectivity index (χ3v) is 2.96. The zero-order chi connectivity index (χ0) is 11.5. The Labute approximate surface area is 94.1 Å². The number of hydrogen-bond acceptors (Lipinski definition) is 3. The van der Waals surface area contributed by atoms with Crippen LogP contribution in [0.25, 0.3) is 0 Å². The quantitative estimate of drug-likeness (QED) is 0.759. The van der Waals surface area contributed by atoms with Gasteiger partial charge in [-0.05, 0) is 19.8 Å². The van der Waals surface area contributed by atoms with E-state index in [2.05, 4.69) is 5.10 Å². The number of aromatic nitrogens is 3. The zero-order valence-corrected chi connectivity index (χ0v) is 9.61. The van der Waals surface area contributed by atoms with Crippen molar-refractivity contribution in [3.63, 3.8) is 0 Å². The van der Waals surface area contributed by atoms with Gasteiger partial charge in [0.2, 0.25) is 0 Å². The average Bonchev–Trinajstić information content (AvgIpc) is 2.43. The van der Waals surface area contributed by atoms with Crippen molar-refractivity contribution in [2.24, 2.45) is 0 Å². The summed E-state index contributed by atoms with van der Waals surface area (Å²) in [5, 5.41) is 4.30. The van der Waals surface area contributed by atoms with Crippen LogP contribution in [0.3, 0.4) is 0 Å². The van der Waals surface area contributed by atoms with Gasteiger partial charge in [0.15, 0.2) is 0 Å². The Morgan fingerprint density at radius 3 is 2.94 bits per heavy atom. The van der Waals surface area contributed by atoms with Gasteiger partial charge in [0.25, 0.3) is 0 Å². The Morgan fingerprint density at radius 1 is 1.38 bits per heavy atom. The fourth-order valence-electron chi connectivity index (χ4n) is 2.03. The van der Waals surface area contributed by atoms with Crippen molar-refractivity contribution < 1.29 is 4.79 Å². The van der Waals surface area contributed by atoms with Gasteiger partial charge in [-0.1, -0.05) is 6.42 Å². The molecule has 2 rings (SSSR count). The predicted molar refractivity (Wildman–Crippen MR) is 59.3 cm³/mol. The second-order valence-electron chi connectivity index (χ2n) is 4.34. The Kier molecular flexibility index (Phi) is 3.22. The predicted octanol–water partition coefficient (Wildman–Crippen LogP) is 0.750. The first-order valence-corrected chi connectivity index (χ1v) is 5.84. The Morgan fingerprint density at radius 2 is 2.19 bits per heavy atom. The monoisotopic (exact) mass is 223 g/mol. The number of fused-ring (bicyclic) bond motifs is 1. The van der Waals surface area contributed by atoms with Crippen LogP contribution in [0.4, 0.5) is 0 Å². The van der Waals surface area contributed by atoms with Crippen LogP contribution in [0.1, 0.15) is 38.4 Å². The number of nitrogens with zero attached hydrogens (tertiary/aromatic N) is 3. The maximum absolute atomic E-state index is 11.9. The van der Waals surface area contributed by atoms with Crippen LogP contribution >= 0.6 is 0 Å². The van der Waals surface area contributed by atoms with E-state index in [9.17, 15) is 9.59 Å². The highest BCUT2D eigenvalue weighted by Crippen LogP contribution is 2.10. The van der Waals surface area contributed by atoms with Crippen LogP contribution in [0.2, 0.25) is 0 Å². The van der Waals surface area contributed by atoms with Crippen LogP contribution < -0.4 is 5.69 Å². The van der Waals surface area contributed by atoms with Crippen LogP contribution in [0.5, 0.6) is 0 Å². The average molecular weight is 223 g/mol. The standard InChI is InChI=1S/C11H17N3O2/c1-9(15)6-8-14-11(16)13-7-4-2-3-5-10(13)12-14/h2-8H2,1H3. The van der Waals surface area contributed by atoms with Gasteiger partial charge in [0.05, 0.1) is 6.54 Å². The molecule has 0 atom stereocenters. The summed E-state index contributed by atoms with van der Waals surface area (Å²) >= 11 is 0. The molecule has 0 N–H and O–H groups in total. The summed E-state index contributed by atoms with van der Waals surface area (Å²) in [6, 6.07) is 0. The van der Waals surface area contributed by atoms with E-state index in [-0.39, 0.29) is 11.5 Å². The molecule has 5 nitrogen and oxygen atoms in total. The summed E-state index contributed by atoms with van der Waals surface area (Å²) in [5.41, 5.74) is -0.0573. The van der Waals surface area contributed by atoms with Crippen molar-refractivity contribution in [1.82, 2.24) is 14.3 Å². The highest BCUT2D eigenvalue weighted by Gasteiger charge is 2.15. The third-order valence-electron chi connectivity index (χ3n) is 2.96. The van der Waals surface area contributed by atoms with E-state index in [1.54, 1.807) is 4.57 Å². The minimum absolute atomic E-state index is 0.0573. The molecular weight excluding hydrogens is 206 g/mol. The smallest absolute Gasteiger partial charge is 0.300 e. The molecule has 16 heavy (non-hydrogen) atoms. The first-order chi connectivity index (χ1) is 7.68. The van der Waals surface area contributed by atoms with Crippen molar-refractivity contribution in [3.8, 4) is 0 Å². The molecule has 0 saturated heterocycles. The van der Waals surface area contributed by atoms with Gasteiger partial charge >= 0.3 is 5.69 Å². The van der Waals surface area contributed by atoms with E-state index < -0.39 is 0 Å². The van der Waals surface area contributed by atoms with Crippen molar-refractivity contribution in [2.75, 3.05) is 0 Å². The lowest BCUT2D eigenvalue weighted by atomic mass is 10.2. The van der Waals surface area contributed by atoms with Gasteiger partial charge in [0, 0.05) is 19.4 Å². The van der Waals surface area contributed by atoms with Crippen molar-refractivity contribution >= 4 is 5.78 Å². The van der Waals surface area contributed by atoms with Crippen molar-refractivity contribution in [2.45, 2.75) is 52.1 Å². The minimum atomic E-state index is -0.0573. The summed E-state index contributed by atoms with van der Waals surface area (Å²) in [6.45, 7) is 2.72. The van der Waals surface area contributed by atoms with E-state index >= 15 is 0 Å². The molecule has 5 heteroatoms. The van der Waals surface area contributed by atoms with E-state index in [0.717, 1.165) is 38.1 Å². The molecule has 0 aromatic carbocycles. The molecule has 1 aromatic rings. The summed E-state index contributed by atoms with van der Waals surface area (Å²) in [4.78, 5) is 22.8. The van der Waals surface area contributed by atoms with Crippen LogP contribution in [0, 0.1) is 0 Å². The molecule has 1 aromatic heterocycles. The second kappa shape index (κ2) is 4.63. The molecule has 0 bridgehead atoms. The molecule has 0 fully saturated rings. The lowest BCUT2D eigenvalue weighted by molar-refractivity contribution is -0.117. The van der Waals surface area contributed by atoms with Gasteiger partial charge in [-0.3, -0.25) is 9.36 Å². The number of Topliss-reactive ketones (excluding diaryl/α,β-unsaturated/α-hetero) is 1. The number of rotatable bonds is 3. The van der Waals surface area contributed by atoms with E-state index in [4.69, 9.17) is 0 Å². The van der Waals surface area contributed by atoms with Crippen LogP contribution in [-0.4, -0.2) is 20.1 Å². The number of hydrogen-bond donors (Lipinski definition) is 0. The Hall–Kier alpha value is -1.39. The SMILES string of the molecule is CC(=O)CCn1nc2n(c1=O)CCCCC2. The van der Waals surface area contributed by atoms with Crippen molar-refractivity contribution in [1.29, 1.82) is 0 Å². The topological polar surface area (TPSA) is 56.9 Å². The van der Waals surface area contributed by atoms with Crippen LogP contribution in [-0.2, 0) is 24.3 Å². The third kappa shape index (κ3) is 2.23. The lowest BCUT2D eigenvalue weighted by Gasteiger charge is -1.97. The minimum Gasteiger partial charge on any atom is -0.300 e. The molecule has 1 aliphatic heterocycles. The van der Waals surface area contributed by atoms with E-state index in [1.165, 1.54) is 11.6 Å². The van der Waals surface area contributed by atoms with E-state index in [0.29, 0.717) is 13.0 Å². The molecule has 0 unspecified atom stereocenters. The largest absolute Gasteiger partial charge is 0.345 e. The van der Waals surface area contributed by atoms with Crippen LogP contribution in [0.15, 0.2) is 4.79 Å². The number of ketones is 1. The van der Waals surface area contributed by atoms with E-state index in [1.807, 2.05) is 0 Å². The zero-order valence-electron chi connectivity index (χ0n) is 9.61. The van der Waals surface area contributed by atoms with Gasteiger partial charge in [-0.15, -0.1) is 0 Å². The number of carbonyl (C=O) groups excluding carboxylic acids is 1. The molecule has 0 spiro atoms. The highest BCUT2D eigenvalue weighted by molar-refractivity contribution is 5.75. The van der Waals surface area contributed by atoms with Gasteiger partial charge < -0.3 is 0 Å². The highest BCUT2D eigenvalue weighted by atomic mass is 16.2. The van der Waals surface area contributed by atoms with Gasteiger partial charge in [0.1, 0.15) is 11.6 Å². The molecule has 1 aliphatic rings. The maximum Gasteiger partial charge on any atom is 0.345 e. The maximum atomic E-state index is 11.9. The summed E-state index contributed by atoms with van der Waals surface area (Å²) < 4.78 is 3.19. The second-order valence-corrected chi connectivity index (χ2v) is 4.34. The number of aryl methyl sites for hydroxylation is 2. The lowest BCUT2D eigenvalue weighted by Crippen LogP contribution is -2.25. The molecule has 0 radical (unpaired) electrons. The number of carbonyl (C=O) groups is 1. The van der Waals surface area contributed by atoms with Gasteiger partial charge in [-0.2, -0.15) is 5.10 Å². The summed E-state index contributed by atoms with van der Waals surface area (Å²) in [6.07, 6.45) is 4.57. The van der Waals surface area contributed by atoms with Gasteiger partial charge in [-0.25, -0.2) is 9.48 Å². The summed E-state index contributed by atoms with van der Waals surface area (Å²) in [5.74, 6) is 0.973. The first-order valence-electron chi connectivity index (χ1n) is 5.84. The Bertz CT molecular complexity index is 445. The molecule has 2 heterocycles. The van der Waals surface area contributed by atoms with Crippen molar-refractivity contribution in [3.05, 3.63) is 16.3 Å². The molecule has 0 saturated carbocycles. The molecule has 0 aliphatic carbocycles. The summed E-state index contributed by atoms with van der Waals surface area (Å²) in [7, 11) is 0. The Balaban J connectivity index is 2.21. The fourth-order valence-corrected chi connectivity index (χ4v) is 2.03. The normalized spacial score (nSPS) is 15.6. The molecular formula is C11H17N3O2. The first kappa shape index (κ1) is 11.1. The molecule has 0 amide bonds.